The summed E-state index contributed by atoms with van der Waals surface area (Å²) in [6.07, 6.45) is 5.94. The van der Waals surface area contributed by atoms with Gasteiger partial charge in [0.2, 0.25) is 0 Å². The predicted molar refractivity (Wildman–Crippen MR) is 60.5 cm³/mol. The lowest BCUT2D eigenvalue weighted by atomic mass is 9.73. The molecule has 1 fully saturated rings. The van der Waals surface area contributed by atoms with Crippen LogP contribution in [0.15, 0.2) is 12.2 Å². The van der Waals surface area contributed by atoms with Crippen molar-refractivity contribution in [2.45, 2.75) is 50.7 Å². The first-order chi connectivity index (χ1) is 6.64. The molecule has 2 nitrogen and oxygen atoms in total. The van der Waals surface area contributed by atoms with E-state index in [1.807, 2.05) is 14.2 Å². The van der Waals surface area contributed by atoms with Gasteiger partial charge in [-0.25, -0.2) is 0 Å². The van der Waals surface area contributed by atoms with E-state index in [-0.39, 0.29) is 5.60 Å². The van der Waals surface area contributed by atoms with Gasteiger partial charge in [0.15, 0.2) is 0 Å². The molecule has 0 aromatic heterocycles. The summed E-state index contributed by atoms with van der Waals surface area (Å²) in [5.41, 5.74) is 1.38. The monoisotopic (exact) mass is 197 g/mol. The molecule has 0 heterocycles. The van der Waals surface area contributed by atoms with Gasteiger partial charge in [0.1, 0.15) is 0 Å². The summed E-state index contributed by atoms with van der Waals surface area (Å²) in [4.78, 5) is 0. The van der Waals surface area contributed by atoms with Gasteiger partial charge in [-0.15, -0.1) is 6.58 Å². The van der Waals surface area contributed by atoms with Gasteiger partial charge in [-0.1, -0.05) is 5.57 Å². The molecule has 1 unspecified atom stereocenters. The third-order valence-corrected chi connectivity index (χ3v) is 3.45. The molecule has 0 amide bonds. The highest BCUT2D eigenvalue weighted by molar-refractivity contribution is 5.01. The summed E-state index contributed by atoms with van der Waals surface area (Å²) >= 11 is 0. The summed E-state index contributed by atoms with van der Waals surface area (Å²) in [7, 11) is 3.87. The maximum atomic E-state index is 5.67. The number of allylic oxidation sites excluding steroid dienone is 1. The van der Waals surface area contributed by atoms with Crippen molar-refractivity contribution < 1.29 is 4.74 Å². The molecule has 14 heavy (non-hydrogen) atoms. The van der Waals surface area contributed by atoms with Crippen LogP contribution in [0, 0.1) is 0 Å². The van der Waals surface area contributed by atoms with Crippen molar-refractivity contribution in [2.75, 3.05) is 14.2 Å². The highest BCUT2D eigenvalue weighted by Gasteiger charge is 2.43. The van der Waals surface area contributed by atoms with Crippen LogP contribution in [-0.2, 0) is 4.74 Å². The Bertz CT molecular complexity index is 191. The Morgan fingerprint density at radius 1 is 1.57 bits per heavy atom. The number of ether oxygens (including phenoxy) is 1. The van der Waals surface area contributed by atoms with E-state index in [0.717, 1.165) is 12.8 Å². The summed E-state index contributed by atoms with van der Waals surface area (Å²) in [5, 5.41) is 3.38. The lowest BCUT2D eigenvalue weighted by molar-refractivity contribution is -0.0983. The standard InChI is InChI=1S/C12H23NO/c1-10(2)6-7-11(13-3)12(14-4)8-5-9-12/h11,13H,1,5-9H2,2-4H3. The van der Waals surface area contributed by atoms with Crippen molar-refractivity contribution in [3.8, 4) is 0 Å². The second-order valence-corrected chi connectivity index (χ2v) is 4.46. The summed E-state index contributed by atoms with van der Waals surface area (Å²) < 4.78 is 5.67. The Labute approximate surface area is 87.7 Å². The van der Waals surface area contributed by atoms with Gasteiger partial charge >= 0.3 is 0 Å². The van der Waals surface area contributed by atoms with Crippen LogP contribution in [0.4, 0.5) is 0 Å². The molecular weight excluding hydrogens is 174 g/mol. The van der Waals surface area contributed by atoms with E-state index in [2.05, 4.69) is 18.8 Å². The zero-order valence-corrected chi connectivity index (χ0v) is 9.73. The van der Waals surface area contributed by atoms with Crippen LogP contribution in [-0.4, -0.2) is 25.8 Å². The maximum absolute atomic E-state index is 5.67. The molecule has 0 spiro atoms. The van der Waals surface area contributed by atoms with E-state index in [9.17, 15) is 0 Å². The van der Waals surface area contributed by atoms with Crippen molar-refractivity contribution in [1.29, 1.82) is 0 Å². The second-order valence-electron chi connectivity index (χ2n) is 4.46. The number of likely N-dealkylation sites (N-methyl/N-ethyl adjacent to an activating group) is 1. The van der Waals surface area contributed by atoms with Crippen LogP contribution >= 0.6 is 0 Å². The number of methoxy groups -OCH3 is 1. The Balaban J connectivity index is 2.47. The molecular formula is C12H23NO. The van der Waals surface area contributed by atoms with Crippen molar-refractivity contribution >= 4 is 0 Å². The average molecular weight is 197 g/mol. The maximum Gasteiger partial charge on any atom is 0.0831 e. The fourth-order valence-corrected chi connectivity index (χ4v) is 2.28. The van der Waals surface area contributed by atoms with E-state index < -0.39 is 0 Å². The Morgan fingerprint density at radius 3 is 2.50 bits per heavy atom. The fourth-order valence-electron chi connectivity index (χ4n) is 2.28. The lowest BCUT2D eigenvalue weighted by Crippen LogP contribution is -2.55. The summed E-state index contributed by atoms with van der Waals surface area (Å²) in [5.74, 6) is 0. The first-order valence-corrected chi connectivity index (χ1v) is 5.51. The Hall–Kier alpha value is -0.340. The minimum absolute atomic E-state index is 0.115. The van der Waals surface area contributed by atoms with E-state index >= 15 is 0 Å². The van der Waals surface area contributed by atoms with Crippen LogP contribution in [0.2, 0.25) is 0 Å². The van der Waals surface area contributed by atoms with Gasteiger partial charge in [-0.05, 0) is 46.1 Å². The van der Waals surface area contributed by atoms with E-state index in [4.69, 9.17) is 4.74 Å². The highest BCUT2D eigenvalue weighted by atomic mass is 16.5. The number of rotatable bonds is 6. The molecule has 1 atom stereocenters. The quantitative estimate of drug-likeness (QED) is 0.661. The number of nitrogens with one attached hydrogen (secondary N) is 1. The van der Waals surface area contributed by atoms with Gasteiger partial charge < -0.3 is 10.1 Å². The van der Waals surface area contributed by atoms with E-state index in [1.165, 1.54) is 24.8 Å². The van der Waals surface area contributed by atoms with Crippen LogP contribution in [0.3, 0.4) is 0 Å². The molecule has 1 saturated carbocycles. The van der Waals surface area contributed by atoms with Gasteiger partial charge in [0.05, 0.1) is 5.60 Å². The first kappa shape index (κ1) is 11.7. The zero-order valence-electron chi connectivity index (χ0n) is 9.73. The van der Waals surface area contributed by atoms with Crippen molar-refractivity contribution in [2.24, 2.45) is 0 Å². The predicted octanol–water partition coefficient (Wildman–Crippen LogP) is 2.50. The van der Waals surface area contributed by atoms with Gasteiger partial charge in [-0.3, -0.25) is 0 Å². The average Bonchev–Trinajstić information content (AvgIpc) is 2.09. The summed E-state index contributed by atoms with van der Waals surface area (Å²) in [6, 6.07) is 0.484. The molecule has 2 heteroatoms. The number of hydrogen-bond acceptors (Lipinski definition) is 2. The normalized spacial score (nSPS) is 21.4. The minimum atomic E-state index is 0.115. The second kappa shape index (κ2) is 4.94. The van der Waals surface area contributed by atoms with Gasteiger partial charge in [0, 0.05) is 13.2 Å². The van der Waals surface area contributed by atoms with Gasteiger partial charge in [-0.2, -0.15) is 0 Å². The molecule has 0 radical (unpaired) electrons. The topological polar surface area (TPSA) is 21.3 Å². The molecule has 0 aromatic rings. The minimum Gasteiger partial charge on any atom is -0.377 e. The van der Waals surface area contributed by atoms with Gasteiger partial charge in [0.25, 0.3) is 0 Å². The molecule has 82 valence electrons. The zero-order chi connectivity index (χ0) is 10.6. The van der Waals surface area contributed by atoms with Crippen molar-refractivity contribution in [3.63, 3.8) is 0 Å². The Morgan fingerprint density at radius 2 is 2.21 bits per heavy atom. The van der Waals surface area contributed by atoms with E-state index in [1.54, 1.807) is 0 Å². The lowest BCUT2D eigenvalue weighted by Gasteiger charge is -2.46. The highest BCUT2D eigenvalue weighted by Crippen LogP contribution is 2.39. The van der Waals surface area contributed by atoms with Crippen LogP contribution in [0.1, 0.15) is 39.0 Å². The third kappa shape index (κ3) is 2.37. The van der Waals surface area contributed by atoms with Crippen LogP contribution < -0.4 is 5.32 Å². The molecule has 0 bridgehead atoms. The van der Waals surface area contributed by atoms with E-state index in [0.29, 0.717) is 6.04 Å². The molecule has 1 aliphatic carbocycles. The largest absolute Gasteiger partial charge is 0.377 e. The molecule has 0 aliphatic heterocycles. The molecule has 1 N–H and O–H groups in total. The first-order valence-electron chi connectivity index (χ1n) is 5.51. The Kier molecular flexibility index (Phi) is 4.14. The van der Waals surface area contributed by atoms with Crippen LogP contribution in [0.5, 0.6) is 0 Å². The smallest absolute Gasteiger partial charge is 0.0831 e. The molecule has 0 aromatic carbocycles. The SMILES string of the molecule is C=C(C)CCC(NC)C1(OC)CCC1. The van der Waals surface area contributed by atoms with Crippen LogP contribution in [0.25, 0.3) is 0 Å². The third-order valence-electron chi connectivity index (χ3n) is 3.45. The van der Waals surface area contributed by atoms with Crippen molar-refractivity contribution in [1.82, 2.24) is 5.32 Å². The molecule has 1 rings (SSSR count). The number of hydrogen-bond donors (Lipinski definition) is 1. The van der Waals surface area contributed by atoms with Crippen molar-refractivity contribution in [3.05, 3.63) is 12.2 Å². The fraction of sp³-hybridized carbons (Fsp3) is 0.833. The molecule has 1 aliphatic rings. The summed E-state index contributed by atoms with van der Waals surface area (Å²) in [6.45, 7) is 6.03. The molecule has 0 saturated heterocycles.